The van der Waals surface area contributed by atoms with Crippen LogP contribution in [-0.4, -0.2) is 37.3 Å². The molecule has 0 fully saturated rings. The van der Waals surface area contributed by atoms with Gasteiger partial charge in [-0.2, -0.15) is 12.6 Å². The second-order valence-corrected chi connectivity index (χ2v) is 8.49. The van der Waals surface area contributed by atoms with E-state index in [1.165, 1.54) is 84.2 Å². The Morgan fingerprint density at radius 1 is 0.793 bits per heavy atom. The van der Waals surface area contributed by atoms with Gasteiger partial charge in [0.1, 0.15) is 0 Å². The van der Waals surface area contributed by atoms with Gasteiger partial charge in [-0.05, 0) is 25.0 Å². The number of thiol groups is 1. The summed E-state index contributed by atoms with van der Waals surface area (Å²) >= 11 is 4.10. The molecule has 172 valence electrons. The molecule has 1 amide bonds. The number of carbonyl (C=O) groups is 2. The summed E-state index contributed by atoms with van der Waals surface area (Å²) in [4.78, 5) is 22.6. The van der Waals surface area contributed by atoms with Crippen LogP contribution in [0.4, 0.5) is 0 Å². The van der Waals surface area contributed by atoms with Crippen molar-refractivity contribution in [1.29, 1.82) is 0 Å². The highest BCUT2D eigenvalue weighted by Gasteiger charge is 2.10. The summed E-state index contributed by atoms with van der Waals surface area (Å²) in [6, 6.07) is -0.412. The Morgan fingerprint density at radius 2 is 1.21 bits per heavy atom. The zero-order valence-electron chi connectivity index (χ0n) is 18.8. The normalized spacial score (nSPS) is 12.0. The molecule has 0 radical (unpaired) electrons. The molecule has 0 aliphatic heterocycles. The molecule has 0 aromatic carbocycles. The third-order valence-corrected chi connectivity index (χ3v) is 5.62. The fourth-order valence-corrected chi connectivity index (χ4v) is 3.69. The Kier molecular flexibility index (Phi) is 21.4. The molecule has 0 bridgehead atoms. The van der Waals surface area contributed by atoms with Crippen LogP contribution >= 0.6 is 12.6 Å². The second kappa shape index (κ2) is 21.9. The molecule has 0 aromatic rings. The van der Waals surface area contributed by atoms with Gasteiger partial charge in [0.15, 0.2) is 0 Å². The third kappa shape index (κ3) is 20.3. The van der Waals surface area contributed by atoms with Crippen molar-refractivity contribution in [2.75, 3.05) is 19.4 Å². The van der Waals surface area contributed by atoms with Crippen LogP contribution in [0.25, 0.3) is 0 Å². The van der Waals surface area contributed by atoms with Crippen molar-refractivity contribution in [1.82, 2.24) is 5.32 Å². The fourth-order valence-electron chi connectivity index (χ4n) is 3.41. The quantitative estimate of drug-likeness (QED) is 0.133. The van der Waals surface area contributed by atoms with Crippen molar-refractivity contribution in [3.63, 3.8) is 0 Å². The molecule has 0 heterocycles. The highest BCUT2D eigenvalue weighted by molar-refractivity contribution is 7.80. The zero-order valence-corrected chi connectivity index (χ0v) is 19.7. The number of amides is 1. The van der Waals surface area contributed by atoms with Crippen molar-refractivity contribution in [3.05, 3.63) is 0 Å². The number of nitrogens with one attached hydrogen (secondary N) is 1. The van der Waals surface area contributed by atoms with Crippen molar-refractivity contribution in [2.24, 2.45) is 5.73 Å². The first kappa shape index (κ1) is 28.2. The molecular formula is C23H46N2O3S. The summed E-state index contributed by atoms with van der Waals surface area (Å²) in [6.07, 6.45) is 20.1. The number of carbonyl (C=O) groups excluding carboxylic acids is 2. The van der Waals surface area contributed by atoms with Crippen molar-refractivity contribution in [3.8, 4) is 0 Å². The van der Waals surface area contributed by atoms with Crippen LogP contribution in [0.2, 0.25) is 0 Å². The average molecular weight is 431 g/mol. The van der Waals surface area contributed by atoms with Crippen LogP contribution in [0.15, 0.2) is 0 Å². The maximum Gasteiger partial charge on any atom is 0.305 e. The molecule has 0 spiro atoms. The highest BCUT2D eigenvalue weighted by Crippen LogP contribution is 2.13. The molecule has 0 saturated heterocycles. The maximum atomic E-state index is 11.6. The molecule has 0 aliphatic rings. The molecule has 6 heteroatoms. The number of ether oxygens (including phenoxy) is 1. The minimum Gasteiger partial charge on any atom is -0.469 e. The van der Waals surface area contributed by atoms with Gasteiger partial charge in [0.2, 0.25) is 5.91 Å². The molecule has 29 heavy (non-hydrogen) atoms. The number of nitrogens with two attached hydrogens (primary N) is 1. The third-order valence-electron chi connectivity index (χ3n) is 5.36. The number of hydrogen-bond donors (Lipinski definition) is 3. The maximum absolute atomic E-state index is 11.6. The largest absolute Gasteiger partial charge is 0.469 e. The summed E-state index contributed by atoms with van der Waals surface area (Å²) in [6.45, 7) is 0.740. The van der Waals surface area contributed by atoms with Gasteiger partial charge >= 0.3 is 5.97 Å². The lowest BCUT2D eigenvalue weighted by Crippen LogP contribution is -2.41. The van der Waals surface area contributed by atoms with E-state index in [1.54, 1.807) is 0 Å². The summed E-state index contributed by atoms with van der Waals surface area (Å²) in [5, 5.41) is 2.91. The van der Waals surface area contributed by atoms with Gasteiger partial charge in [-0.3, -0.25) is 9.59 Å². The average Bonchev–Trinajstić information content (AvgIpc) is 2.72. The van der Waals surface area contributed by atoms with Crippen molar-refractivity contribution < 1.29 is 14.3 Å². The first-order valence-corrected chi connectivity index (χ1v) is 12.5. The van der Waals surface area contributed by atoms with E-state index in [1.807, 2.05) is 0 Å². The molecule has 0 rings (SSSR count). The minimum atomic E-state index is -0.412. The lowest BCUT2D eigenvalue weighted by atomic mass is 10.0. The number of esters is 1. The molecular weight excluding hydrogens is 384 g/mol. The Bertz CT molecular complexity index is 394. The lowest BCUT2D eigenvalue weighted by molar-refractivity contribution is -0.140. The first-order valence-electron chi connectivity index (χ1n) is 11.8. The van der Waals surface area contributed by atoms with Crippen LogP contribution in [0.5, 0.6) is 0 Å². The van der Waals surface area contributed by atoms with Gasteiger partial charge in [-0.1, -0.05) is 83.5 Å². The van der Waals surface area contributed by atoms with Gasteiger partial charge < -0.3 is 15.8 Å². The molecule has 5 nitrogen and oxygen atoms in total. The topological polar surface area (TPSA) is 81.4 Å². The number of unbranched alkanes of at least 4 members (excludes halogenated alkanes) is 14. The van der Waals surface area contributed by atoms with Crippen LogP contribution in [0, 0.1) is 0 Å². The summed E-state index contributed by atoms with van der Waals surface area (Å²) in [7, 11) is 1.45. The first-order chi connectivity index (χ1) is 14.1. The molecule has 3 N–H and O–H groups in total. The van der Waals surface area contributed by atoms with Crippen LogP contribution < -0.4 is 11.1 Å². The summed E-state index contributed by atoms with van der Waals surface area (Å²) < 4.78 is 4.64. The molecule has 1 atom stereocenters. The number of hydrogen-bond acceptors (Lipinski definition) is 5. The zero-order chi connectivity index (χ0) is 21.6. The fraction of sp³-hybridized carbons (Fsp3) is 0.913. The van der Waals surface area contributed by atoms with Gasteiger partial charge in [-0.15, -0.1) is 0 Å². The Balaban J connectivity index is 3.15. The highest BCUT2D eigenvalue weighted by atomic mass is 32.1. The van der Waals surface area contributed by atoms with Gasteiger partial charge in [0, 0.05) is 13.0 Å². The number of rotatable bonds is 21. The molecule has 0 saturated carbocycles. The number of methoxy groups -OCH3 is 1. The SMILES string of the molecule is COC(=O)CCCCCCCCCCCCCCCCCNC(=O)C(N)CCS. The molecule has 0 aromatic heterocycles. The van der Waals surface area contributed by atoms with Gasteiger partial charge in [0.05, 0.1) is 13.2 Å². The van der Waals surface area contributed by atoms with E-state index in [0.29, 0.717) is 18.6 Å². The smallest absolute Gasteiger partial charge is 0.305 e. The van der Waals surface area contributed by atoms with E-state index in [2.05, 4.69) is 22.7 Å². The monoisotopic (exact) mass is 430 g/mol. The summed E-state index contributed by atoms with van der Waals surface area (Å²) in [5.41, 5.74) is 5.74. The Morgan fingerprint density at radius 3 is 1.62 bits per heavy atom. The molecule has 1 unspecified atom stereocenters. The van der Waals surface area contributed by atoms with E-state index in [-0.39, 0.29) is 11.9 Å². The second-order valence-electron chi connectivity index (χ2n) is 8.04. The minimum absolute atomic E-state index is 0.0439. The predicted molar refractivity (Wildman–Crippen MR) is 125 cm³/mol. The van der Waals surface area contributed by atoms with E-state index in [4.69, 9.17) is 5.73 Å². The Labute approximate surface area is 184 Å². The summed E-state index contributed by atoms with van der Waals surface area (Å²) in [5.74, 6) is 0.519. The van der Waals surface area contributed by atoms with Gasteiger partial charge in [-0.25, -0.2) is 0 Å². The van der Waals surface area contributed by atoms with Gasteiger partial charge in [0.25, 0.3) is 0 Å². The molecule has 0 aliphatic carbocycles. The van der Waals surface area contributed by atoms with Crippen LogP contribution in [0.1, 0.15) is 109 Å². The van der Waals surface area contributed by atoms with Crippen molar-refractivity contribution in [2.45, 2.75) is 115 Å². The van der Waals surface area contributed by atoms with Crippen molar-refractivity contribution >= 4 is 24.5 Å². The predicted octanol–water partition coefficient (Wildman–Crippen LogP) is 5.16. The standard InChI is InChI=1S/C23H46N2O3S/c1-28-22(26)17-15-13-11-9-7-5-3-2-4-6-8-10-12-14-16-19-25-23(27)21(24)18-20-29/h21,29H,2-20,24H2,1H3,(H,25,27). The van der Waals surface area contributed by atoms with Crippen LogP contribution in [0.3, 0.4) is 0 Å². The lowest BCUT2D eigenvalue weighted by Gasteiger charge is -2.10. The Hall–Kier alpha value is -0.750. The van der Waals surface area contributed by atoms with Crippen LogP contribution in [-0.2, 0) is 14.3 Å². The van der Waals surface area contributed by atoms with E-state index >= 15 is 0 Å². The van der Waals surface area contributed by atoms with E-state index in [0.717, 1.165) is 25.8 Å². The van der Waals surface area contributed by atoms with E-state index < -0.39 is 6.04 Å². The van der Waals surface area contributed by atoms with E-state index in [9.17, 15) is 9.59 Å².